The first-order valence-electron chi connectivity index (χ1n) is 11.8. The number of benzene rings is 1. The van der Waals surface area contributed by atoms with Crippen molar-refractivity contribution in [3.63, 3.8) is 0 Å². The molecule has 6 nitrogen and oxygen atoms in total. The third kappa shape index (κ3) is 3.95. The molecule has 2 aromatic rings. The molecule has 2 saturated heterocycles. The van der Waals surface area contributed by atoms with E-state index in [1.807, 2.05) is 0 Å². The van der Waals surface area contributed by atoms with Crippen LogP contribution in [0, 0.1) is 24.1 Å². The van der Waals surface area contributed by atoms with Crippen molar-refractivity contribution >= 4 is 33.1 Å². The van der Waals surface area contributed by atoms with Gasteiger partial charge in [0.1, 0.15) is 16.5 Å². The Morgan fingerprint density at radius 3 is 2.65 bits per heavy atom. The summed E-state index contributed by atoms with van der Waals surface area (Å²) in [4.78, 5) is 7.63. The quantitative estimate of drug-likeness (QED) is 0.576. The van der Waals surface area contributed by atoms with Gasteiger partial charge in [-0.25, -0.2) is 17.8 Å². The van der Waals surface area contributed by atoms with Gasteiger partial charge in [0.05, 0.1) is 5.02 Å². The minimum Gasteiger partial charge on any atom is -0.371 e. The highest BCUT2D eigenvalue weighted by Gasteiger charge is 2.54. The van der Waals surface area contributed by atoms with Gasteiger partial charge in [0, 0.05) is 41.8 Å². The predicted octanol–water partition coefficient (Wildman–Crippen LogP) is 4.97. The van der Waals surface area contributed by atoms with Crippen LogP contribution in [0.3, 0.4) is 0 Å². The van der Waals surface area contributed by atoms with Crippen LogP contribution in [0.5, 0.6) is 0 Å². The highest BCUT2D eigenvalue weighted by atomic mass is 35.5. The van der Waals surface area contributed by atoms with Crippen molar-refractivity contribution in [3.05, 3.63) is 46.6 Å². The Labute approximate surface area is 204 Å². The number of hydrogen-bond acceptors (Lipinski definition) is 5. The van der Waals surface area contributed by atoms with E-state index in [2.05, 4.69) is 26.4 Å². The Morgan fingerprint density at radius 1 is 1.21 bits per heavy atom. The first-order valence-corrected chi connectivity index (χ1v) is 13.6. The van der Waals surface area contributed by atoms with Gasteiger partial charge in [-0.15, -0.1) is 0 Å². The molecule has 5 rings (SSSR count). The fraction of sp³-hybridized carbons (Fsp3) is 0.542. The Kier molecular flexibility index (Phi) is 6.01. The molecule has 1 aromatic carbocycles. The van der Waals surface area contributed by atoms with E-state index < -0.39 is 26.7 Å². The molecule has 3 aliphatic rings. The average Bonchev–Trinajstić information content (AvgIpc) is 3.38. The number of nitrogens with one attached hydrogen (secondary N) is 1. The fourth-order valence-electron chi connectivity index (χ4n) is 6.11. The minimum atomic E-state index is -4.41. The molecule has 1 spiro atoms. The van der Waals surface area contributed by atoms with E-state index in [1.54, 1.807) is 13.0 Å². The lowest BCUT2D eigenvalue weighted by Gasteiger charge is -2.53. The van der Waals surface area contributed by atoms with E-state index >= 15 is 4.39 Å². The highest BCUT2D eigenvalue weighted by molar-refractivity contribution is 7.92. The standard InChI is InChI=1S/C24H29ClF2N4O2S/c1-15-5-4-11-31(15)19-8-9-24(19)10-12-30(14-24)18-13-17(25)23(22(27)16(18)2)34(32,33)29-21-7-3-6-20(26)28-21/h3,6-7,13,15,19H,4-5,8-12,14H2,1-2H3,(H,28,29)/t15-,19+,24+/m1/s1. The zero-order valence-electron chi connectivity index (χ0n) is 19.3. The summed E-state index contributed by atoms with van der Waals surface area (Å²) in [5.41, 5.74) is 1.06. The SMILES string of the molecule is Cc1c(N2CC[C@@]3(CC[C@@H]3N3CCC[C@H]3C)C2)cc(Cl)c(S(=O)(=O)Nc2cccc(F)n2)c1F. The number of hydrogen-bond donors (Lipinski definition) is 1. The maximum Gasteiger partial charge on any atom is 0.267 e. The zero-order valence-corrected chi connectivity index (χ0v) is 20.9. The van der Waals surface area contributed by atoms with Crippen molar-refractivity contribution < 1.29 is 17.2 Å². The number of rotatable bonds is 5. The van der Waals surface area contributed by atoms with E-state index in [4.69, 9.17) is 11.6 Å². The topological polar surface area (TPSA) is 65.5 Å². The van der Waals surface area contributed by atoms with Crippen molar-refractivity contribution in [2.24, 2.45) is 5.41 Å². The van der Waals surface area contributed by atoms with E-state index in [1.165, 1.54) is 31.4 Å². The molecular formula is C24H29ClF2N4O2S. The molecule has 184 valence electrons. The summed E-state index contributed by atoms with van der Waals surface area (Å²) in [7, 11) is -4.41. The highest BCUT2D eigenvalue weighted by Crippen LogP contribution is 2.53. The molecule has 2 aliphatic heterocycles. The first-order chi connectivity index (χ1) is 16.1. The third-order valence-corrected chi connectivity index (χ3v) is 9.79. The van der Waals surface area contributed by atoms with Crippen LogP contribution in [0.1, 0.15) is 44.6 Å². The molecule has 0 bridgehead atoms. The van der Waals surface area contributed by atoms with Crippen LogP contribution in [0.4, 0.5) is 20.3 Å². The molecule has 1 aliphatic carbocycles. The number of likely N-dealkylation sites (tertiary alicyclic amines) is 1. The first kappa shape index (κ1) is 23.8. The van der Waals surface area contributed by atoms with Crippen molar-refractivity contribution in [2.45, 2.75) is 62.9 Å². The van der Waals surface area contributed by atoms with Gasteiger partial charge in [-0.1, -0.05) is 17.7 Å². The summed E-state index contributed by atoms with van der Waals surface area (Å²) < 4.78 is 56.8. The largest absolute Gasteiger partial charge is 0.371 e. The van der Waals surface area contributed by atoms with E-state index in [0.29, 0.717) is 17.8 Å². The molecule has 1 aromatic heterocycles. The molecule has 0 unspecified atom stereocenters. The fourth-order valence-corrected chi connectivity index (χ4v) is 7.79. The number of sulfonamides is 1. The Morgan fingerprint density at radius 2 is 2.00 bits per heavy atom. The van der Waals surface area contributed by atoms with E-state index in [9.17, 15) is 12.8 Å². The molecule has 3 heterocycles. The van der Waals surface area contributed by atoms with Crippen LogP contribution in [0.2, 0.25) is 5.02 Å². The maximum atomic E-state index is 15.5. The van der Waals surface area contributed by atoms with Crippen LogP contribution >= 0.6 is 11.6 Å². The number of aromatic nitrogens is 1. The second-order valence-electron chi connectivity index (χ2n) is 9.91. The van der Waals surface area contributed by atoms with Crippen LogP contribution in [0.15, 0.2) is 29.2 Å². The zero-order chi connectivity index (χ0) is 24.3. The maximum absolute atomic E-state index is 15.5. The van der Waals surface area contributed by atoms with Crippen LogP contribution in [0.25, 0.3) is 0 Å². The van der Waals surface area contributed by atoms with Gasteiger partial charge in [0.15, 0.2) is 0 Å². The molecule has 34 heavy (non-hydrogen) atoms. The van der Waals surface area contributed by atoms with Crippen LogP contribution in [-0.4, -0.2) is 50.0 Å². The number of anilines is 2. The number of halogens is 3. The van der Waals surface area contributed by atoms with Crippen LogP contribution in [-0.2, 0) is 10.0 Å². The van der Waals surface area contributed by atoms with Gasteiger partial charge < -0.3 is 4.90 Å². The summed E-state index contributed by atoms with van der Waals surface area (Å²) in [5, 5.41) is -0.207. The third-order valence-electron chi connectivity index (χ3n) is 7.97. The Balaban J connectivity index is 1.40. The van der Waals surface area contributed by atoms with Gasteiger partial charge in [-0.05, 0) is 70.7 Å². The second-order valence-corrected chi connectivity index (χ2v) is 11.9. The summed E-state index contributed by atoms with van der Waals surface area (Å²) in [5.74, 6) is -1.99. The lowest BCUT2D eigenvalue weighted by Crippen LogP contribution is -2.57. The average molecular weight is 511 g/mol. The lowest BCUT2D eigenvalue weighted by molar-refractivity contribution is -0.0152. The smallest absolute Gasteiger partial charge is 0.267 e. The number of nitrogens with zero attached hydrogens (tertiary/aromatic N) is 3. The van der Waals surface area contributed by atoms with Crippen molar-refractivity contribution in [2.75, 3.05) is 29.3 Å². The second kappa shape index (κ2) is 8.60. The molecule has 3 fully saturated rings. The van der Waals surface area contributed by atoms with Gasteiger partial charge >= 0.3 is 0 Å². The van der Waals surface area contributed by atoms with Gasteiger partial charge in [0.2, 0.25) is 5.95 Å². The normalized spacial score (nSPS) is 27.4. The molecule has 1 saturated carbocycles. The molecule has 0 radical (unpaired) electrons. The van der Waals surface area contributed by atoms with Gasteiger partial charge in [-0.2, -0.15) is 4.39 Å². The van der Waals surface area contributed by atoms with E-state index in [-0.39, 0.29) is 21.8 Å². The van der Waals surface area contributed by atoms with E-state index in [0.717, 1.165) is 38.5 Å². The van der Waals surface area contributed by atoms with Crippen molar-refractivity contribution in [3.8, 4) is 0 Å². The summed E-state index contributed by atoms with van der Waals surface area (Å²) in [6.45, 7) is 6.62. The predicted molar refractivity (Wildman–Crippen MR) is 129 cm³/mol. The van der Waals surface area contributed by atoms with Crippen LogP contribution < -0.4 is 9.62 Å². The van der Waals surface area contributed by atoms with Crippen molar-refractivity contribution in [1.82, 2.24) is 9.88 Å². The molecule has 0 amide bonds. The Bertz CT molecular complexity index is 1230. The number of pyridine rings is 1. The molecular weight excluding hydrogens is 482 g/mol. The molecule has 3 atom stereocenters. The minimum absolute atomic E-state index is 0.198. The Hall–Kier alpha value is -1.97. The van der Waals surface area contributed by atoms with Crippen molar-refractivity contribution in [1.29, 1.82) is 0 Å². The monoisotopic (exact) mass is 510 g/mol. The lowest BCUT2D eigenvalue weighted by atomic mass is 9.63. The molecule has 10 heteroatoms. The van der Waals surface area contributed by atoms with Gasteiger partial charge in [0.25, 0.3) is 10.0 Å². The summed E-state index contributed by atoms with van der Waals surface area (Å²) in [6, 6.07) is 6.38. The van der Waals surface area contributed by atoms with Gasteiger partial charge in [-0.3, -0.25) is 9.62 Å². The summed E-state index contributed by atoms with van der Waals surface area (Å²) >= 11 is 6.35. The molecule has 1 N–H and O–H groups in total. The summed E-state index contributed by atoms with van der Waals surface area (Å²) in [6.07, 6.45) is 5.87.